The summed E-state index contributed by atoms with van der Waals surface area (Å²) in [6.07, 6.45) is 1.53. The SMILES string of the molecule is CCOC(=O)c1ccc(NC(=O)C(Cc2ccccc2)c2cc(OC)c(-c3cc(Cl)ccc3C#N)c[n+]2[O-])cc1. The van der Waals surface area contributed by atoms with Gasteiger partial charge in [-0.3, -0.25) is 4.79 Å². The molecule has 0 bridgehead atoms. The molecule has 1 heterocycles. The van der Waals surface area contributed by atoms with Crippen molar-refractivity contribution in [1.82, 2.24) is 0 Å². The topological polar surface area (TPSA) is 115 Å². The van der Waals surface area contributed by atoms with Crippen LogP contribution in [0.1, 0.15) is 40.0 Å². The van der Waals surface area contributed by atoms with E-state index < -0.39 is 17.8 Å². The number of hydrogen-bond acceptors (Lipinski definition) is 6. The molecule has 0 aliphatic rings. The predicted octanol–water partition coefficient (Wildman–Crippen LogP) is 5.66. The maximum Gasteiger partial charge on any atom is 0.338 e. The molecule has 0 aliphatic heterocycles. The van der Waals surface area contributed by atoms with Gasteiger partial charge in [0.2, 0.25) is 11.6 Å². The molecule has 202 valence electrons. The number of pyridine rings is 1. The van der Waals surface area contributed by atoms with Crippen molar-refractivity contribution in [2.75, 3.05) is 19.0 Å². The first-order valence-corrected chi connectivity index (χ1v) is 12.9. The number of anilines is 1. The van der Waals surface area contributed by atoms with E-state index in [-0.39, 0.29) is 18.7 Å². The molecule has 8 nitrogen and oxygen atoms in total. The molecule has 1 unspecified atom stereocenters. The van der Waals surface area contributed by atoms with E-state index in [1.165, 1.54) is 19.4 Å². The molecule has 4 aromatic rings. The number of nitrogens with one attached hydrogen (secondary N) is 1. The molecule has 0 fully saturated rings. The molecule has 1 aromatic heterocycles. The van der Waals surface area contributed by atoms with E-state index in [1.807, 2.05) is 30.3 Å². The normalized spacial score (nSPS) is 11.2. The Morgan fingerprint density at radius 2 is 1.77 bits per heavy atom. The summed E-state index contributed by atoms with van der Waals surface area (Å²) in [5, 5.41) is 26.3. The van der Waals surface area contributed by atoms with Crippen molar-refractivity contribution in [1.29, 1.82) is 5.26 Å². The second-order valence-electron chi connectivity index (χ2n) is 8.84. The minimum absolute atomic E-state index is 0.158. The molecule has 1 amide bonds. The predicted molar refractivity (Wildman–Crippen MR) is 151 cm³/mol. The van der Waals surface area contributed by atoms with Gasteiger partial charge in [-0.15, -0.1) is 0 Å². The van der Waals surface area contributed by atoms with Crippen LogP contribution in [0.4, 0.5) is 5.69 Å². The zero-order chi connectivity index (χ0) is 28.6. The van der Waals surface area contributed by atoms with Crippen LogP contribution in [-0.4, -0.2) is 25.6 Å². The van der Waals surface area contributed by atoms with Gasteiger partial charge in [0.15, 0.2) is 6.20 Å². The molecule has 4 rings (SSSR count). The van der Waals surface area contributed by atoms with E-state index >= 15 is 0 Å². The molecular weight excluding hydrogens is 530 g/mol. The van der Waals surface area contributed by atoms with Crippen molar-refractivity contribution >= 4 is 29.2 Å². The number of halogens is 1. The summed E-state index contributed by atoms with van der Waals surface area (Å²) in [5.41, 5.74) is 2.95. The molecular formula is C31H26ClN3O5. The van der Waals surface area contributed by atoms with E-state index in [9.17, 15) is 20.1 Å². The number of ether oxygens (including phenoxy) is 2. The Labute approximate surface area is 236 Å². The molecule has 9 heteroatoms. The third-order valence-corrected chi connectivity index (χ3v) is 6.51. The molecule has 1 atom stereocenters. The number of esters is 1. The van der Waals surface area contributed by atoms with Crippen LogP contribution < -0.4 is 14.8 Å². The number of amides is 1. The van der Waals surface area contributed by atoms with Crippen molar-refractivity contribution in [2.24, 2.45) is 0 Å². The van der Waals surface area contributed by atoms with Gasteiger partial charge >= 0.3 is 5.97 Å². The average Bonchev–Trinajstić information content (AvgIpc) is 2.97. The van der Waals surface area contributed by atoms with Gasteiger partial charge in [-0.25, -0.2) is 4.79 Å². The Balaban J connectivity index is 1.73. The van der Waals surface area contributed by atoms with E-state index in [0.29, 0.717) is 43.4 Å². The van der Waals surface area contributed by atoms with Crippen LogP contribution in [0.25, 0.3) is 11.1 Å². The van der Waals surface area contributed by atoms with E-state index in [2.05, 4.69) is 11.4 Å². The highest BCUT2D eigenvalue weighted by Crippen LogP contribution is 2.35. The first-order chi connectivity index (χ1) is 19.3. The molecule has 3 aromatic carbocycles. The van der Waals surface area contributed by atoms with Gasteiger partial charge in [0, 0.05) is 16.3 Å². The fourth-order valence-corrected chi connectivity index (χ4v) is 4.48. The van der Waals surface area contributed by atoms with Crippen molar-refractivity contribution in [3.8, 4) is 22.9 Å². The van der Waals surface area contributed by atoms with E-state index in [4.69, 9.17) is 21.1 Å². The maximum absolute atomic E-state index is 13.6. The van der Waals surface area contributed by atoms with Gasteiger partial charge in [0.05, 0.1) is 42.5 Å². The maximum atomic E-state index is 13.6. The Bertz CT molecular complexity index is 1570. The highest BCUT2D eigenvalue weighted by molar-refractivity contribution is 6.31. The van der Waals surface area contributed by atoms with E-state index in [1.54, 1.807) is 49.4 Å². The van der Waals surface area contributed by atoms with E-state index in [0.717, 1.165) is 5.56 Å². The summed E-state index contributed by atoms with van der Waals surface area (Å²) < 4.78 is 11.2. The van der Waals surface area contributed by atoms with Gasteiger partial charge in [-0.2, -0.15) is 9.99 Å². The van der Waals surface area contributed by atoms with Crippen LogP contribution in [0.15, 0.2) is 85.1 Å². The minimum Gasteiger partial charge on any atom is -0.618 e. The van der Waals surface area contributed by atoms with Crippen molar-refractivity contribution in [2.45, 2.75) is 19.3 Å². The van der Waals surface area contributed by atoms with Crippen LogP contribution in [0, 0.1) is 16.5 Å². The summed E-state index contributed by atoms with van der Waals surface area (Å²) >= 11 is 6.18. The standard InChI is InChI=1S/C31H26ClN3O5/c1-3-40-31(37)21-10-13-24(14-11-21)34-30(36)26(15-20-7-5-4-6-8-20)28-17-29(39-2)27(19-35(28)38)25-16-23(32)12-9-22(25)18-33/h4-14,16-17,19,26H,3,15H2,1-2H3,(H,34,36). The molecule has 0 saturated carbocycles. The fourth-order valence-electron chi connectivity index (χ4n) is 4.31. The van der Waals surface area contributed by atoms with Crippen LogP contribution in [0.5, 0.6) is 5.75 Å². The molecule has 0 saturated heterocycles. The Morgan fingerprint density at radius 1 is 1.05 bits per heavy atom. The number of aromatic nitrogens is 1. The highest BCUT2D eigenvalue weighted by Gasteiger charge is 2.31. The Hall–Kier alpha value is -4.87. The molecule has 0 radical (unpaired) electrons. The fraction of sp³-hybridized carbons (Fsp3) is 0.161. The molecule has 0 spiro atoms. The Kier molecular flexibility index (Phi) is 9.00. The number of nitriles is 1. The number of benzene rings is 3. The highest BCUT2D eigenvalue weighted by atomic mass is 35.5. The molecule has 1 N–H and O–H groups in total. The van der Waals surface area contributed by atoms with Crippen LogP contribution in [0.3, 0.4) is 0 Å². The first kappa shape index (κ1) is 28.1. The zero-order valence-corrected chi connectivity index (χ0v) is 22.6. The Morgan fingerprint density at radius 3 is 2.42 bits per heavy atom. The zero-order valence-electron chi connectivity index (χ0n) is 21.9. The van der Waals surface area contributed by atoms with Crippen LogP contribution in [-0.2, 0) is 16.0 Å². The van der Waals surface area contributed by atoms with Gasteiger partial charge in [-0.05, 0) is 61.4 Å². The lowest BCUT2D eigenvalue weighted by Gasteiger charge is -2.19. The third-order valence-electron chi connectivity index (χ3n) is 6.28. The first-order valence-electron chi connectivity index (χ1n) is 12.5. The minimum atomic E-state index is -0.901. The lowest BCUT2D eigenvalue weighted by Crippen LogP contribution is -2.38. The number of hydrogen-bond donors (Lipinski definition) is 1. The average molecular weight is 556 g/mol. The molecule has 0 aliphatic carbocycles. The summed E-state index contributed by atoms with van der Waals surface area (Å²) in [6.45, 7) is 1.98. The third kappa shape index (κ3) is 6.40. The molecule has 40 heavy (non-hydrogen) atoms. The summed E-state index contributed by atoms with van der Waals surface area (Å²) in [4.78, 5) is 25.6. The monoisotopic (exact) mass is 555 g/mol. The smallest absolute Gasteiger partial charge is 0.338 e. The largest absolute Gasteiger partial charge is 0.618 e. The van der Waals surface area contributed by atoms with Crippen LogP contribution in [0.2, 0.25) is 5.02 Å². The summed E-state index contributed by atoms with van der Waals surface area (Å²) in [5.74, 6) is -1.47. The number of nitrogens with zero attached hydrogens (tertiary/aromatic N) is 2. The summed E-state index contributed by atoms with van der Waals surface area (Å²) in [7, 11) is 1.45. The van der Waals surface area contributed by atoms with Crippen LogP contribution >= 0.6 is 11.6 Å². The number of methoxy groups -OCH3 is 1. The summed E-state index contributed by atoms with van der Waals surface area (Å²) in [6, 6.07) is 24.0. The van der Waals surface area contributed by atoms with Crippen molar-refractivity contribution in [3.05, 3.63) is 118 Å². The quantitative estimate of drug-likeness (QED) is 0.162. The second kappa shape index (κ2) is 12.8. The van der Waals surface area contributed by atoms with Crippen molar-refractivity contribution < 1.29 is 23.8 Å². The lowest BCUT2D eigenvalue weighted by molar-refractivity contribution is -0.614. The second-order valence-corrected chi connectivity index (χ2v) is 9.27. The number of carbonyl (C=O) groups excluding carboxylic acids is 2. The lowest BCUT2D eigenvalue weighted by atomic mass is 9.93. The van der Waals surface area contributed by atoms with Gasteiger partial charge in [0.25, 0.3) is 0 Å². The van der Waals surface area contributed by atoms with Gasteiger partial charge in [0.1, 0.15) is 11.7 Å². The van der Waals surface area contributed by atoms with Crippen molar-refractivity contribution in [3.63, 3.8) is 0 Å². The number of rotatable bonds is 9. The van der Waals surface area contributed by atoms with Gasteiger partial charge < -0.3 is 20.0 Å². The number of carbonyl (C=O) groups is 2. The van der Waals surface area contributed by atoms with Gasteiger partial charge in [-0.1, -0.05) is 41.9 Å².